The maximum Gasteiger partial charge on any atom is 0.329 e. The van der Waals surface area contributed by atoms with Gasteiger partial charge in [0.2, 0.25) is 6.73 Å². The lowest BCUT2D eigenvalue weighted by Crippen LogP contribution is -2.37. The van der Waals surface area contributed by atoms with E-state index < -0.39 is 12.2 Å². The average Bonchev–Trinajstić information content (AvgIpc) is 1.57. The second-order valence-corrected chi connectivity index (χ2v) is 4.55. The van der Waals surface area contributed by atoms with Gasteiger partial charge in [0, 0.05) is 6.66 Å². The molecule has 0 aromatic carbocycles. The van der Waals surface area contributed by atoms with Gasteiger partial charge in [-0.25, -0.2) is 5.21 Å². The molecule has 0 rings (SSSR count). The molecule has 0 heterocycles. The highest BCUT2D eigenvalue weighted by Crippen LogP contribution is 2.36. The first kappa shape index (κ1) is 10.1. The molecule has 6 heteroatoms. The number of rotatable bonds is 3. The predicted octanol–water partition coefficient (Wildman–Crippen LogP) is 0.241. The topological polar surface area (TPSA) is 66.8 Å². The van der Waals surface area contributed by atoms with Crippen molar-refractivity contribution in [1.29, 1.82) is 0 Å². The van der Waals surface area contributed by atoms with E-state index in [-0.39, 0.29) is 6.73 Å². The van der Waals surface area contributed by atoms with Crippen LogP contribution in [0.3, 0.4) is 0 Å². The second-order valence-electron chi connectivity index (χ2n) is 2.68. The molecule has 0 radical (unpaired) electrons. The maximum absolute atomic E-state index is 10.5. The molecule has 62 valence electrons. The Morgan fingerprint density at radius 2 is 2.00 bits per heavy atom. The van der Waals surface area contributed by atoms with Crippen LogP contribution < -0.4 is 0 Å². The van der Waals surface area contributed by atoms with Gasteiger partial charge in [0.25, 0.3) is 0 Å². The Balaban J connectivity index is 3.67. The second kappa shape index (κ2) is 2.98. The van der Waals surface area contributed by atoms with Gasteiger partial charge in [-0.3, -0.25) is 9.09 Å². The van der Waals surface area contributed by atoms with Gasteiger partial charge in [0.05, 0.1) is 0 Å². The lowest BCUT2D eigenvalue weighted by atomic mass is 10.9. The van der Waals surface area contributed by atoms with Crippen LogP contribution in [0.5, 0.6) is 0 Å². The van der Waals surface area contributed by atoms with E-state index in [0.717, 1.165) is 6.66 Å². The third-order valence-corrected chi connectivity index (χ3v) is 1.21. The number of hydroxylamine groups is 3. The minimum Gasteiger partial charge on any atom is -0.324 e. The number of nitrogens with zero attached hydrogens (tertiary/aromatic N) is 1. The standard InChI is InChI=1S/C4H12NO4P/c1-5(2,6)4-9-10(3,7)8/h6H,4H2,1-3H3/p+1. The summed E-state index contributed by atoms with van der Waals surface area (Å²) in [6.07, 6.45) is 0. The molecule has 10 heavy (non-hydrogen) atoms. The molecule has 0 aromatic heterocycles. The van der Waals surface area contributed by atoms with E-state index in [1.54, 1.807) is 0 Å². The van der Waals surface area contributed by atoms with Gasteiger partial charge in [0.1, 0.15) is 14.1 Å². The van der Waals surface area contributed by atoms with Crippen LogP contribution in [0.1, 0.15) is 0 Å². The summed E-state index contributed by atoms with van der Waals surface area (Å²) in [5.41, 5.74) is 0. The Hall–Kier alpha value is 0.0700. The largest absolute Gasteiger partial charge is 0.329 e. The van der Waals surface area contributed by atoms with E-state index >= 15 is 0 Å². The summed E-state index contributed by atoms with van der Waals surface area (Å²) >= 11 is 0. The summed E-state index contributed by atoms with van der Waals surface area (Å²) < 4.78 is 14.4. The quantitative estimate of drug-likeness (QED) is 0.275. The molecule has 0 aliphatic rings. The molecular formula is C4H13NO4P+. The number of hydrogen-bond donors (Lipinski definition) is 2. The molecule has 1 unspecified atom stereocenters. The van der Waals surface area contributed by atoms with Crippen molar-refractivity contribution in [3.05, 3.63) is 0 Å². The maximum atomic E-state index is 10.5. The lowest BCUT2D eigenvalue weighted by Gasteiger charge is -2.19. The van der Waals surface area contributed by atoms with Crippen molar-refractivity contribution in [3.8, 4) is 0 Å². The first-order valence-electron chi connectivity index (χ1n) is 2.71. The van der Waals surface area contributed by atoms with E-state index in [0.29, 0.717) is 0 Å². The molecule has 2 N–H and O–H groups in total. The van der Waals surface area contributed by atoms with Crippen molar-refractivity contribution in [2.45, 2.75) is 0 Å². The SMILES string of the molecule is C[N+](C)(O)COP(C)(=O)O. The minimum absolute atomic E-state index is 0.190. The molecule has 0 aromatic rings. The van der Waals surface area contributed by atoms with Gasteiger partial charge < -0.3 is 4.89 Å². The molecular weight excluding hydrogens is 157 g/mol. The number of quaternary nitrogens is 1. The monoisotopic (exact) mass is 170 g/mol. The predicted molar refractivity (Wildman–Crippen MR) is 35.6 cm³/mol. The molecule has 0 spiro atoms. The average molecular weight is 170 g/mol. The van der Waals surface area contributed by atoms with Crippen molar-refractivity contribution in [2.75, 3.05) is 27.5 Å². The van der Waals surface area contributed by atoms with Gasteiger partial charge in [-0.15, -0.1) is 0 Å². The van der Waals surface area contributed by atoms with Crippen LogP contribution in [0.4, 0.5) is 0 Å². The minimum atomic E-state index is -3.44. The summed E-state index contributed by atoms with van der Waals surface area (Å²) in [6.45, 7) is 0.882. The summed E-state index contributed by atoms with van der Waals surface area (Å²) in [5.74, 6) is 0. The van der Waals surface area contributed by atoms with Crippen LogP contribution >= 0.6 is 7.60 Å². The molecule has 0 saturated heterocycles. The van der Waals surface area contributed by atoms with Crippen molar-refractivity contribution >= 4 is 7.60 Å². The fourth-order valence-corrected chi connectivity index (χ4v) is 0.745. The lowest BCUT2D eigenvalue weighted by molar-refractivity contribution is -1.08. The van der Waals surface area contributed by atoms with E-state index in [1.165, 1.54) is 14.1 Å². The molecule has 5 nitrogen and oxygen atoms in total. The Labute approximate surface area is 59.9 Å². The van der Waals surface area contributed by atoms with E-state index in [9.17, 15) is 4.57 Å². The van der Waals surface area contributed by atoms with Crippen LogP contribution in [0.25, 0.3) is 0 Å². The molecule has 0 aliphatic carbocycles. The Morgan fingerprint density at radius 1 is 1.60 bits per heavy atom. The van der Waals surface area contributed by atoms with Gasteiger partial charge in [-0.1, -0.05) is 0 Å². The third-order valence-electron chi connectivity index (χ3n) is 0.613. The molecule has 1 atom stereocenters. The van der Waals surface area contributed by atoms with Gasteiger partial charge in [-0.2, -0.15) is 4.65 Å². The van der Waals surface area contributed by atoms with Crippen molar-refractivity contribution in [3.63, 3.8) is 0 Å². The Kier molecular flexibility index (Phi) is 3.00. The van der Waals surface area contributed by atoms with E-state index in [4.69, 9.17) is 10.1 Å². The van der Waals surface area contributed by atoms with Crippen LogP contribution in [-0.2, 0) is 9.09 Å². The summed E-state index contributed by atoms with van der Waals surface area (Å²) in [7, 11) is -0.558. The van der Waals surface area contributed by atoms with Gasteiger partial charge in [-0.05, 0) is 0 Å². The fourth-order valence-electron chi connectivity index (χ4n) is 0.248. The Morgan fingerprint density at radius 3 is 2.10 bits per heavy atom. The zero-order valence-corrected chi connectivity index (χ0v) is 7.21. The van der Waals surface area contributed by atoms with Crippen LogP contribution in [0.2, 0.25) is 0 Å². The third kappa shape index (κ3) is 8.07. The first-order chi connectivity index (χ1) is 4.21. The highest BCUT2D eigenvalue weighted by molar-refractivity contribution is 7.51. The fraction of sp³-hybridized carbons (Fsp3) is 1.00. The van der Waals surface area contributed by atoms with Crippen molar-refractivity contribution in [1.82, 2.24) is 0 Å². The first-order valence-corrected chi connectivity index (χ1v) is 4.74. The summed E-state index contributed by atoms with van der Waals surface area (Å²) in [5, 5.41) is 8.96. The van der Waals surface area contributed by atoms with Crippen LogP contribution in [0.15, 0.2) is 0 Å². The molecule has 0 fully saturated rings. The molecule has 0 amide bonds. The molecule has 0 saturated carbocycles. The summed E-state index contributed by atoms with van der Waals surface area (Å²) in [4.78, 5) is 8.59. The number of hydrogen-bond acceptors (Lipinski definition) is 3. The normalized spacial score (nSPS) is 18.5. The zero-order valence-electron chi connectivity index (χ0n) is 6.31. The Bertz CT molecular complexity index is 146. The molecule has 0 aliphatic heterocycles. The van der Waals surface area contributed by atoms with Gasteiger partial charge >= 0.3 is 7.60 Å². The zero-order chi connectivity index (χ0) is 8.41. The van der Waals surface area contributed by atoms with Gasteiger partial charge in [0.15, 0.2) is 0 Å². The smallest absolute Gasteiger partial charge is 0.324 e. The van der Waals surface area contributed by atoms with Crippen LogP contribution in [-0.4, -0.2) is 42.2 Å². The summed E-state index contributed by atoms with van der Waals surface area (Å²) in [6, 6.07) is 0. The highest BCUT2D eigenvalue weighted by atomic mass is 31.2. The van der Waals surface area contributed by atoms with Crippen molar-refractivity contribution in [2.24, 2.45) is 0 Å². The molecule has 0 bridgehead atoms. The van der Waals surface area contributed by atoms with E-state index in [2.05, 4.69) is 4.52 Å². The highest BCUT2D eigenvalue weighted by Gasteiger charge is 2.18. The van der Waals surface area contributed by atoms with Crippen molar-refractivity contribution < 1.29 is 23.8 Å². The van der Waals surface area contributed by atoms with E-state index in [1.807, 2.05) is 0 Å². The van der Waals surface area contributed by atoms with Crippen LogP contribution in [0, 0.1) is 0 Å².